The van der Waals surface area contributed by atoms with E-state index in [1.165, 1.54) is 9.13 Å². The molecular weight excluding hydrogens is 500 g/mol. The lowest BCUT2D eigenvalue weighted by Gasteiger charge is -2.21. The second kappa shape index (κ2) is 15.2. The number of hydrogen-bond donors (Lipinski definition) is 3. The Hall–Kier alpha value is -3.26. The van der Waals surface area contributed by atoms with E-state index in [1.807, 2.05) is 18.2 Å². The number of fused-ring (bicyclic) bond motifs is 1. The monoisotopic (exact) mass is 536 g/mol. The summed E-state index contributed by atoms with van der Waals surface area (Å²) < 4.78 is 24.7. The summed E-state index contributed by atoms with van der Waals surface area (Å²) >= 11 is 0. The van der Waals surface area contributed by atoms with Crippen LogP contribution in [0.5, 0.6) is 0 Å². The van der Waals surface area contributed by atoms with Crippen LogP contribution in [0.4, 0.5) is 4.79 Å². The van der Waals surface area contributed by atoms with Gasteiger partial charge >= 0.3 is 11.8 Å². The molecule has 3 N–H and O–H groups in total. The van der Waals surface area contributed by atoms with Crippen LogP contribution in [-0.4, -0.2) is 91.5 Å². The van der Waals surface area contributed by atoms with Crippen molar-refractivity contribution in [3.8, 4) is 0 Å². The van der Waals surface area contributed by atoms with Crippen LogP contribution in [-0.2, 0) is 42.0 Å². The molecule has 2 aromatic rings. The van der Waals surface area contributed by atoms with Gasteiger partial charge in [-0.15, -0.1) is 0 Å². The Morgan fingerprint density at radius 3 is 2.24 bits per heavy atom. The molecule has 0 saturated carbocycles. The van der Waals surface area contributed by atoms with Gasteiger partial charge < -0.3 is 29.4 Å². The molecule has 1 aromatic heterocycles. The van der Waals surface area contributed by atoms with E-state index < -0.39 is 18.0 Å². The Kier molecular flexibility index (Phi) is 11.7. The molecule has 0 radical (unpaired) electrons. The summed E-state index contributed by atoms with van der Waals surface area (Å²) in [6, 6.07) is 5.08. The quantitative estimate of drug-likeness (QED) is 0.194. The zero-order valence-corrected chi connectivity index (χ0v) is 21.6. The summed E-state index contributed by atoms with van der Waals surface area (Å²) in [4.78, 5) is 46.9. The van der Waals surface area contributed by atoms with Crippen molar-refractivity contribution in [1.29, 1.82) is 0 Å². The van der Waals surface area contributed by atoms with Gasteiger partial charge in [0, 0.05) is 26.6 Å². The molecule has 3 rings (SSSR count). The lowest BCUT2D eigenvalue weighted by Crippen LogP contribution is -2.44. The van der Waals surface area contributed by atoms with E-state index >= 15 is 0 Å². The number of piperidine rings is 1. The van der Waals surface area contributed by atoms with Crippen LogP contribution in [0.25, 0.3) is 11.0 Å². The largest absolute Gasteiger partial charge is 0.465 e. The van der Waals surface area contributed by atoms with Gasteiger partial charge in [-0.1, -0.05) is 6.07 Å². The van der Waals surface area contributed by atoms with Gasteiger partial charge in [0.05, 0.1) is 57.3 Å². The third-order valence-corrected chi connectivity index (χ3v) is 6.07. The molecule has 2 heterocycles. The number of hydrogen-bond acceptors (Lipinski definition) is 8. The van der Waals surface area contributed by atoms with E-state index in [9.17, 15) is 19.2 Å². The number of benzene rings is 1. The Balaban J connectivity index is 1.28. The molecule has 0 spiro atoms. The van der Waals surface area contributed by atoms with E-state index in [-0.39, 0.29) is 24.6 Å². The molecule has 38 heavy (non-hydrogen) atoms. The molecule has 1 aromatic carbocycles. The molecule has 0 aliphatic carbocycles. The summed E-state index contributed by atoms with van der Waals surface area (Å²) in [7, 11) is 1.68. The molecule has 1 saturated heterocycles. The average Bonchev–Trinajstić information content (AvgIpc) is 3.13. The highest BCUT2D eigenvalue weighted by Crippen LogP contribution is 2.24. The first-order valence-electron chi connectivity index (χ1n) is 12.7. The van der Waals surface area contributed by atoms with Crippen LogP contribution in [0.2, 0.25) is 0 Å². The van der Waals surface area contributed by atoms with Crippen molar-refractivity contribution in [1.82, 2.24) is 19.8 Å². The van der Waals surface area contributed by atoms with E-state index in [1.54, 1.807) is 7.05 Å². The fraction of sp³-hybridized carbons (Fsp3) is 0.600. The smallest absolute Gasteiger partial charge is 0.404 e. The topological polar surface area (TPSA) is 159 Å². The van der Waals surface area contributed by atoms with Gasteiger partial charge in [-0.3, -0.25) is 24.0 Å². The van der Waals surface area contributed by atoms with E-state index in [4.69, 9.17) is 24.1 Å². The highest BCUT2D eigenvalue weighted by molar-refractivity contribution is 6.00. The zero-order valence-electron chi connectivity index (χ0n) is 21.6. The van der Waals surface area contributed by atoms with Crippen molar-refractivity contribution in [3.05, 3.63) is 34.2 Å². The minimum absolute atomic E-state index is 0.211. The average molecular weight is 537 g/mol. The minimum atomic E-state index is -1.07. The van der Waals surface area contributed by atoms with Crippen LogP contribution in [0.3, 0.4) is 0 Å². The van der Waals surface area contributed by atoms with Gasteiger partial charge in [0.2, 0.25) is 11.8 Å². The number of nitrogens with one attached hydrogen (secondary N) is 2. The fourth-order valence-corrected chi connectivity index (χ4v) is 4.16. The maximum absolute atomic E-state index is 12.8. The summed E-state index contributed by atoms with van der Waals surface area (Å²) in [5, 5.41) is 12.9. The molecule has 13 heteroatoms. The molecule has 1 aliphatic heterocycles. The van der Waals surface area contributed by atoms with Gasteiger partial charge in [-0.05, 0) is 37.0 Å². The predicted molar refractivity (Wildman–Crippen MR) is 136 cm³/mol. The molecule has 3 amide bonds. The van der Waals surface area contributed by atoms with E-state index in [0.717, 1.165) is 23.9 Å². The third kappa shape index (κ3) is 8.65. The standard InChI is InChI=1S/C25H36N4O9/c1-28-21-17-18(4-5-19(21)29(25(28)34)20-6-7-22(30)27-23(20)31)3-2-9-35-11-13-37-15-16-38-14-12-36-10-8-26-24(32)33/h4-5,17,20,26H,2-3,6-16H2,1H3,(H,32,33)(H,27,30,31). The number of ether oxygens (including phenoxy) is 4. The SMILES string of the molecule is Cn1c(=O)n(C2CCC(=O)NC2=O)c2ccc(CCCOCCOCCOCCOCCNC(=O)O)cc21. The van der Waals surface area contributed by atoms with E-state index in [2.05, 4.69) is 10.6 Å². The van der Waals surface area contributed by atoms with Gasteiger partial charge in [-0.2, -0.15) is 0 Å². The number of carbonyl (C=O) groups excluding carboxylic acids is 2. The maximum Gasteiger partial charge on any atom is 0.404 e. The predicted octanol–water partition coefficient (Wildman–Crippen LogP) is 0.584. The van der Waals surface area contributed by atoms with Gasteiger partial charge in [0.1, 0.15) is 6.04 Å². The summed E-state index contributed by atoms with van der Waals surface area (Å²) in [5.74, 6) is -0.754. The molecule has 1 fully saturated rings. The van der Waals surface area contributed by atoms with Crippen LogP contribution >= 0.6 is 0 Å². The molecule has 1 atom stereocenters. The number of imide groups is 1. The zero-order chi connectivity index (χ0) is 27.3. The number of nitrogens with zero attached hydrogens (tertiary/aromatic N) is 2. The van der Waals surface area contributed by atoms with Crippen molar-refractivity contribution in [2.75, 3.05) is 59.4 Å². The summed E-state index contributed by atoms with van der Waals surface area (Å²) in [6.07, 6.45) is 1.03. The first-order valence-corrected chi connectivity index (χ1v) is 12.7. The number of aromatic nitrogens is 2. The highest BCUT2D eigenvalue weighted by atomic mass is 16.6. The van der Waals surface area contributed by atoms with Crippen LogP contribution in [0.1, 0.15) is 30.9 Å². The summed E-state index contributed by atoms with van der Waals surface area (Å²) in [5.41, 5.74) is 2.20. The Morgan fingerprint density at radius 1 is 0.974 bits per heavy atom. The molecule has 1 aliphatic rings. The van der Waals surface area contributed by atoms with Crippen LogP contribution in [0.15, 0.2) is 23.0 Å². The molecule has 0 bridgehead atoms. The molecule has 13 nitrogen and oxygen atoms in total. The lowest BCUT2D eigenvalue weighted by atomic mass is 10.1. The second-order valence-corrected chi connectivity index (χ2v) is 8.79. The van der Waals surface area contributed by atoms with Crippen molar-refractivity contribution in [2.24, 2.45) is 7.05 Å². The first kappa shape index (κ1) is 29.3. The highest BCUT2D eigenvalue weighted by Gasteiger charge is 2.31. The molecular formula is C25H36N4O9. The van der Waals surface area contributed by atoms with Crippen molar-refractivity contribution in [3.63, 3.8) is 0 Å². The van der Waals surface area contributed by atoms with Crippen molar-refractivity contribution in [2.45, 2.75) is 31.7 Å². The van der Waals surface area contributed by atoms with Gasteiger partial charge in [-0.25, -0.2) is 9.59 Å². The number of aryl methyl sites for hydroxylation is 2. The summed E-state index contributed by atoms with van der Waals surface area (Å²) in [6.45, 7) is 3.74. The van der Waals surface area contributed by atoms with Crippen LogP contribution in [0, 0.1) is 0 Å². The van der Waals surface area contributed by atoms with Crippen LogP contribution < -0.4 is 16.3 Å². The second-order valence-electron chi connectivity index (χ2n) is 8.79. The number of rotatable bonds is 17. The Labute approximate surface area is 220 Å². The minimum Gasteiger partial charge on any atom is -0.465 e. The molecule has 1 unspecified atom stereocenters. The van der Waals surface area contributed by atoms with Gasteiger partial charge in [0.15, 0.2) is 0 Å². The third-order valence-electron chi connectivity index (χ3n) is 6.07. The fourth-order valence-electron chi connectivity index (χ4n) is 4.16. The number of carbonyl (C=O) groups is 3. The normalized spacial score (nSPS) is 15.7. The van der Waals surface area contributed by atoms with E-state index in [0.29, 0.717) is 64.8 Å². The first-order chi connectivity index (χ1) is 18.4. The van der Waals surface area contributed by atoms with Crippen molar-refractivity contribution >= 4 is 28.9 Å². The number of carboxylic acid groups (broad SMARTS) is 1. The maximum atomic E-state index is 12.8. The number of imidazole rings is 1. The van der Waals surface area contributed by atoms with Gasteiger partial charge in [0.25, 0.3) is 0 Å². The number of amides is 3. The Morgan fingerprint density at radius 2 is 1.61 bits per heavy atom. The lowest BCUT2D eigenvalue weighted by molar-refractivity contribution is -0.135. The Bertz CT molecular complexity index is 1140. The molecule has 210 valence electrons. The van der Waals surface area contributed by atoms with Crippen molar-refractivity contribution < 1.29 is 38.4 Å².